The maximum Gasteiger partial charge on any atom is 0.306 e. The summed E-state index contributed by atoms with van der Waals surface area (Å²) in [5.74, 6) is -0.580. The van der Waals surface area contributed by atoms with Crippen molar-refractivity contribution < 1.29 is 14.3 Å². The molecule has 0 fully saturated rings. The van der Waals surface area contributed by atoms with Crippen molar-refractivity contribution in [2.75, 3.05) is 18.1 Å². The van der Waals surface area contributed by atoms with Gasteiger partial charge in [0.15, 0.2) is 6.61 Å². The number of carbonyl (C=O) groups excluding carboxylic acids is 2. The highest BCUT2D eigenvalue weighted by molar-refractivity contribution is 5.95. The number of para-hydroxylation sites is 1. The average Bonchev–Trinajstić information content (AvgIpc) is 2.61. The predicted molar refractivity (Wildman–Crippen MR) is 90.2 cm³/mol. The molecule has 0 aliphatic rings. The van der Waals surface area contributed by atoms with Gasteiger partial charge in [-0.05, 0) is 24.1 Å². The number of esters is 1. The van der Waals surface area contributed by atoms with Crippen LogP contribution in [0.2, 0.25) is 0 Å². The maximum atomic E-state index is 12.4. The summed E-state index contributed by atoms with van der Waals surface area (Å²) < 4.78 is 4.98. The Morgan fingerprint density at radius 1 is 0.957 bits per heavy atom. The van der Waals surface area contributed by atoms with Crippen molar-refractivity contribution >= 4 is 17.6 Å². The van der Waals surface area contributed by atoms with Crippen LogP contribution in [0.3, 0.4) is 0 Å². The Labute approximate surface area is 136 Å². The smallest absolute Gasteiger partial charge is 0.306 e. The van der Waals surface area contributed by atoms with Crippen LogP contribution in [0.15, 0.2) is 60.7 Å². The summed E-state index contributed by atoms with van der Waals surface area (Å²) >= 11 is 0. The van der Waals surface area contributed by atoms with Gasteiger partial charge in [0.05, 0.1) is 0 Å². The molecular weight excluding hydrogens is 290 g/mol. The van der Waals surface area contributed by atoms with E-state index in [-0.39, 0.29) is 24.9 Å². The van der Waals surface area contributed by atoms with Gasteiger partial charge in [-0.25, -0.2) is 0 Å². The lowest BCUT2D eigenvalue weighted by molar-refractivity contribution is -0.147. The number of benzene rings is 2. The van der Waals surface area contributed by atoms with E-state index in [1.807, 2.05) is 60.7 Å². The number of hydrogen-bond acceptors (Lipinski definition) is 3. The highest BCUT2D eigenvalue weighted by Gasteiger charge is 2.17. The molecule has 1 amide bonds. The second-order valence-corrected chi connectivity index (χ2v) is 5.13. The van der Waals surface area contributed by atoms with Crippen LogP contribution in [-0.4, -0.2) is 25.0 Å². The summed E-state index contributed by atoms with van der Waals surface area (Å²) in [6, 6.07) is 19.4. The quantitative estimate of drug-likeness (QED) is 0.738. The lowest BCUT2D eigenvalue weighted by atomic mass is 10.1. The highest BCUT2D eigenvalue weighted by atomic mass is 16.5. The van der Waals surface area contributed by atoms with Crippen LogP contribution in [-0.2, 0) is 20.7 Å². The van der Waals surface area contributed by atoms with Crippen molar-refractivity contribution in [3.63, 3.8) is 0 Å². The first kappa shape index (κ1) is 16.7. The number of rotatable bonds is 7. The summed E-state index contributed by atoms with van der Waals surface area (Å²) in [5.41, 5.74) is 1.97. The van der Waals surface area contributed by atoms with Gasteiger partial charge in [-0.1, -0.05) is 55.5 Å². The van der Waals surface area contributed by atoms with E-state index in [1.165, 1.54) is 0 Å². The van der Waals surface area contributed by atoms with Gasteiger partial charge in [-0.3, -0.25) is 9.59 Å². The fourth-order valence-corrected chi connectivity index (χ4v) is 2.21. The van der Waals surface area contributed by atoms with Gasteiger partial charge in [0.2, 0.25) is 0 Å². The van der Waals surface area contributed by atoms with Crippen molar-refractivity contribution in [1.82, 2.24) is 0 Å². The van der Waals surface area contributed by atoms with E-state index >= 15 is 0 Å². The molecule has 4 nitrogen and oxygen atoms in total. The largest absolute Gasteiger partial charge is 0.456 e. The van der Waals surface area contributed by atoms with Crippen LogP contribution in [0.25, 0.3) is 0 Å². The van der Waals surface area contributed by atoms with Crippen LogP contribution < -0.4 is 4.90 Å². The van der Waals surface area contributed by atoms with E-state index in [1.54, 1.807) is 11.8 Å². The molecule has 0 aliphatic carbocycles. The minimum atomic E-state index is -0.366. The maximum absolute atomic E-state index is 12.4. The number of ether oxygens (including phenoxy) is 1. The fraction of sp³-hybridized carbons (Fsp3) is 0.263. The lowest BCUT2D eigenvalue weighted by Gasteiger charge is -2.22. The summed E-state index contributed by atoms with van der Waals surface area (Å²) in [4.78, 5) is 25.4. The molecule has 0 aromatic heterocycles. The van der Waals surface area contributed by atoms with Crippen LogP contribution in [0.4, 0.5) is 5.69 Å². The van der Waals surface area contributed by atoms with E-state index in [2.05, 4.69) is 0 Å². The zero-order chi connectivity index (χ0) is 16.5. The van der Waals surface area contributed by atoms with Crippen molar-refractivity contribution in [3.05, 3.63) is 66.2 Å². The number of nitrogens with zero attached hydrogens (tertiary/aromatic N) is 1. The monoisotopic (exact) mass is 311 g/mol. The molecule has 0 bridgehead atoms. The number of carbonyl (C=O) groups is 2. The van der Waals surface area contributed by atoms with E-state index in [9.17, 15) is 9.59 Å². The number of anilines is 1. The van der Waals surface area contributed by atoms with E-state index in [4.69, 9.17) is 4.74 Å². The summed E-state index contributed by atoms with van der Waals surface area (Å²) in [6.07, 6.45) is 1.01. The van der Waals surface area contributed by atoms with Crippen molar-refractivity contribution in [2.45, 2.75) is 19.8 Å². The third kappa shape index (κ3) is 5.25. The molecule has 120 valence electrons. The molecule has 4 heteroatoms. The Hall–Kier alpha value is -2.62. The zero-order valence-electron chi connectivity index (χ0n) is 13.3. The Balaban J connectivity index is 2.06. The summed E-state index contributed by atoms with van der Waals surface area (Å²) in [5, 5.41) is 0. The average molecular weight is 311 g/mol. The first-order valence-electron chi connectivity index (χ1n) is 7.75. The summed E-state index contributed by atoms with van der Waals surface area (Å²) in [7, 11) is 0. The molecule has 0 saturated heterocycles. The molecule has 0 heterocycles. The molecule has 2 aromatic carbocycles. The predicted octanol–water partition coefficient (Wildman–Crippen LogP) is 3.22. The molecule has 0 N–H and O–H groups in total. The van der Waals surface area contributed by atoms with Crippen molar-refractivity contribution in [2.24, 2.45) is 0 Å². The molecule has 2 aromatic rings. The zero-order valence-corrected chi connectivity index (χ0v) is 13.3. The Bertz CT molecular complexity index is 626. The molecule has 0 radical (unpaired) electrons. The van der Waals surface area contributed by atoms with E-state index in [0.29, 0.717) is 6.54 Å². The Morgan fingerprint density at radius 3 is 2.17 bits per heavy atom. The van der Waals surface area contributed by atoms with Crippen LogP contribution in [0.1, 0.15) is 18.9 Å². The highest BCUT2D eigenvalue weighted by Crippen LogP contribution is 2.15. The van der Waals surface area contributed by atoms with Crippen LogP contribution in [0, 0.1) is 0 Å². The molecule has 0 aliphatic heterocycles. The second kappa shape index (κ2) is 8.73. The van der Waals surface area contributed by atoms with E-state index < -0.39 is 0 Å². The molecule has 2 rings (SSSR count). The van der Waals surface area contributed by atoms with Crippen LogP contribution in [0.5, 0.6) is 0 Å². The fourth-order valence-electron chi connectivity index (χ4n) is 2.21. The second-order valence-electron chi connectivity index (χ2n) is 5.13. The number of hydrogen-bond donors (Lipinski definition) is 0. The van der Waals surface area contributed by atoms with Gasteiger partial charge in [-0.15, -0.1) is 0 Å². The molecule has 0 saturated carbocycles. The van der Waals surface area contributed by atoms with Crippen molar-refractivity contribution in [3.8, 4) is 0 Å². The van der Waals surface area contributed by atoms with Gasteiger partial charge < -0.3 is 9.64 Å². The first-order chi connectivity index (χ1) is 11.2. The molecular formula is C19H21NO3. The normalized spacial score (nSPS) is 10.1. The Kier molecular flexibility index (Phi) is 6.36. The molecule has 23 heavy (non-hydrogen) atoms. The minimum absolute atomic E-state index is 0.214. The van der Waals surface area contributed by atoms with Gasteiger partial charge in [-0.2, -0.15) is 0 Å². The van der Waals surface area contributed by atoms with Crippen molar-refractivity contribution in [1.29, 1.82) is 0 Å². The van der Waals surface area contributed by atoms with E-state index in [0.717, 1.165) is 17.7 Å². The van der Waals surface area contributed by atoms with Gasteiger partial charge >= 0.3 is 5.97 Å². The van der Waals surface area contributed by atoms with Gasteiger partial charge in [0.1, 0.15) is 0 Å². The first-order valence-corrected chi connectivity index (χ1v) is 7.75. The molecule has 0 atom stereocenters. The SMILES string of the molecule is CCC(=O)OCC(=O)N(CCc1ccccc1)c1ccccc1. The molecule has 0 spiro atoms. The lowest BCUT2D eigenvalue weighted by Crippen LogP contribution is -2.36. The third-order valence-corrected chi connectivity index (χ3v) is 3.48. The summed E-state index contributed by atoms with van der Waals surface area (Å²) in [6.45, 7) is 2.02. The number of amides is 1. The van der Waals surface area contributed by atoms with Crippen LogP contribution >= 0.6 is 0 Å². The Morgan fingerprint density at radius 2 is 1.57 bits per heavy atom. The third-order valence-electron chi connectivity index (χ3n) is 3.48. The van der Waals surface area contributed by atoms with Gasteiger partial charge in [0, 0.05) is 18.7 Å². The minimum Gasteiger partial charge on any atom is -0.456 e. The molecule has 0 unspecified atom stereocenters. The standard InChI is InChI=1S/C19H21NO3/c1-2-19(22)23-15-18(21)20(17-11-7-4-8-12-17)14-13-16-9-5-3-6-10-16/h3-12H,2,13-15H2,1H3. The topological polar surface area (TPSA) is 46.6 Å². The van der Waals surface area contributed by atoms with Gasteiger partial charge in [0.25, 0.3) is 5.91 Å².